The summed E-state index contributed by atoms with van der Waals surface area (Å²) in [4.78, 5) is 25.1. The minimum absolute atomic E-state index is 0.0258. The lowest BCUT2D eigenvalue weighted by Gasteiger charge is -2.33. The summed E-state index contributed by atoms with van der Waals surface area (Å²) in [6, 6.07) is 8.20. The average Bonchev–Trinajstić information content (AvgIpc) is 2.97. The molecule has 122 valence electrons. The number of dihydropyridines is 1. The third-order valence-electron chi connectivity index (χ3n) is 4.63. The molecule has 3 heterocycles. The maximum Gasteiger partial charge on any atom is 0.171 e. The van der Waals surface area contributed by atoms with E-state index in [-0.39, 0.29) is 17.5 Å². The van der Waals surface area contributed by atoms with Crippen LogP contribution in [0.25, 0.3) is 10.1 Å². The van der Waals surface area contributed by atoms with Crippen molar-refractivity contribution < 1.29 is 9.59 Å². The molecule has 4 rings (SSSR count). The summed E-state index contributed by atoms with van der Waals surface area (Å²) in [5, 5.41) is 6.57. The number of nitrogens with one attached hydrogen (secondary N) is 1. The highest BCUT2D eigenvalue weighted by Gasteiger charge is 2.38. The molecule has 2 aromatic rings. The Morgan fingerprint density at radius 2 is 2.04 bits per heavy atom. The second kappa shape index (κ2) is 5.90. The molecule has 5 heteroatoms. The molecule has 1 N–H and O–H groups in total. The van der Waals surface area contributed by atoms with Crippen LogP contribution in [0.3, 0.4) is 0 Å². The number of thioether (sulfide) groups is 1. The maximum atomic E-state index is 12.7. The van der Waals surface area contributed by atoms with Gasteiger partial charge >= 0.3 is 0 Å². The molecule has 1 unspecified atom stereocenters. The minimum atomic E-state index is -0.247. The molecule has 3 nitrogen and oxygen atoms in total. The molecule has 0 saturated heterocycles. The standard InChI is InChI=1S/C19H17NO2S2/c1-10-17(11(2)21)18(19-14(20-10)8-23-9-15(19)22)13-7-24-16-6-4-3-5-12(13)16/h3-7,18,20H,8-9H2,1-2H3. The first kappa shape index (κ1) is 15.7. The van der Waals surface area contributed by atoms with Gasteiger partial charge in [0, 0.05) is 38.9 Å². The van der Waals surface area contributed by atoms with Crippen LogP contribution >= 0.6 is 23.1 Å². The van der Waals surface area contributed by atoms with E-state index in [0.717, 1.165) is 39.2 Å². The SMILES string of the molecule is CC(=O)C1=C(C)NC2=C(C(=O)CSC2)C1c1csc2ccccc12. The van der Waals surface area contributed by atoms with Gasteiger partial charge in [0.05, 0.1) is 5.75 Å². The Labute approximate surface area is 148 Å². The molecule has 1 atom stereocenters. The van der Waals surface area contributed by atoms with Gasteiger partial charge in [0.25, 0.3) is 0 Å². The zero-order valence-corrected chi connectivity index (χ0v) is 15.1. The van der Waals surface area contributed by atoms with Gasteiger partial charge in [0.1, 0.15) is 0 Å². The van der Waals surface area contributed by atoms with E-state index in [2.05, 4.69) is 22.8 Å². The lowest BCUT2D eigenvalue weighted by atomic mass is 9.77. The molecule has 1 aromatic carbocycles. The molecule has 24 heavy (non-hydrogen) atoms. The first-order valence-electron chi connectivity index (χ1n) is 7.86. The lowest BCUT2D eigenvalue weighted by Crippen LogP contribution is -2.35. The van der Waals surface area contributed by atoms with Crippen molar-refractivity contribution in [3.05, 3.63) is 57.7 Å². The van der Waals surface area contributed by atoms with Crippen LogP contribution in [0.15, 0.2) is 52.2 Å². The summed E-state index contributed by atoms with van der Waals surface area (Å²) in [7, 11) is 0. The van der Waals surface area contributed by atoms with Crippen LogP contribution in [0.4, 0.5) is 0 Å². The molecule has 0 fully saturated rings. The van der Waals surface area contributed by atoms with E-state index < -0.39 is 0 Å². The fraction of sp³-hybridized carbons (Fsp3) is 0.263. The number of fused-ring (bicyclic) bond motifs is 1. The molecule has 0 bridgehead atoms. The van der Waals surface area contributed by atoms with E-state index >= 15 is 0 Å². The van der Waals surface area contributed by atoms with E-state index in [1.54, 1.807) is 30.0 Å². The van der Waals surface area contributed by atoms with Crippen molar-refractivity contribution in [1.82, 2.24) is 5.32 Å². The Hall–Kier alpha value is -1.85. The van der Waals surface area contributed by atoms with Gasteiger partial charge in [-0.3, -0.25) is 9.59 Å². The molecule has 0 radical (unpaired) electrons. The second-order valence-corrected chi connectivity index (χ2v) is 8.05. The van der Waals surface area contributed by atoms with Crippen LogP contribution in [-0.4, -0.2) is 23.1 Å². The summed E-state index contributed by atoms with van der Waals surface area (Å²) < 4.78 is 1.19. The topological polar surface area (TPSA) is 46.2 Å². The highest BCUT2D eigenvalue weighted by Crippen LogP contribution is 2.45. The Morgan fingerprint density at radius 3 is 2.83 bits per heavy atom. The number of allylic oxidation sites excluding steroid dienone is 3. The number of benzene rings is 1. The van der Waals surface area contributed by atoms with Gasteiger partial charge in [-0.05, 0) is 36.2 Å². The quantitative estimate of drug-likeness (QED) is 0.884. The summed E-state index contributed by atoms with van der Waals surface area (Å²) in [6.45, 7) is 3.53. The van der Waals surface area contributed by atoms with E-state index in [1.807, 2.05) is 19.1 Å². The first-order chi connectivity index (χ1) is 11.6. The largest absolute Gasteiger partial charge is 0.361 e. The Balaban J connectivity index is 1.99. The molecule has 1 aromatic heterocycles. The monoisotopic (exact) mass is 355 g/mol. The highest BCUT2D eigenvalue weighted by atomic mass is 32.2. The molecule has 0 saturated carbocycles. The highest BCUT2D eigenvalue weighted by molar-refractivity contribution is 8.00. The predicted octanol–water partition coefficient (Wildman–Crippen LogP) is 4.02. The van der Waals surface area contributed by atoms with E-state index in [0.29, 0.717) is 5.75 Å². The molecule has 0 spiro atoms. The van der Waals surface area contributed by atoms with Crippen LogP contribution in [-0.2, 0) is 9.59 Å². The van der Waals surface area contributed by atoms with Gasteiger partial charge in [-0.15, -0.1) is 23.1 Å². The number of ketones is 2. The van der Waals surface area contributed by atoms with Gasteiger partial charge in [-0.2, -0.15) is 0 Å². The van der Waals surface area contributed by atoms with E-state index in [1.165, 1.54) is 4.70 Å². The third kappa shape index (κ3) is 2.34. The van der Waals surface area contributed by atoms with Crippen molar-refractivity contribution in [2.24, 2.45) is 0 Å². The van der Waals surface area contributed by atoms with Crippen molar-refractivity contribution >= 4 is 44.8 Å². The minimum Gasteiger partial charge on any atom is -0.361 e. The van der Waals surface area contributed by atoms with Crippen molar-refractivity contribution in [3.8, 4) is 0 Å². The van der Waals surface area contributed by atoms with E-state index in [9.17, 15) is 9.59 Å². The maximum absolute atomic E-state index is 12.7. The Bertz CT molecular complexity index is 936. The fourth-order valence-electron chi connectivity index (χ4n) is 3.66. The van der Waals surface area contributed by atoms with Gasteiger partial charge < -0.3 is 5.32 Å². The number of thiophene rings is 1. The van der Waals surface area contributed by atoms with Gasteiger partial charge in [-0.1, -0.05) is 18.2 Å². The summed E-state index contributed by atoms with van der Waals surface area (Å²) in [5.41, 5.74) is 4.43. The smallest absolute Gasteiger partial charge is 0.171 e. The first-order valence-corrected chi connectivity index (χ1v) is 9.90. The van der Waals surface area contributed by atoms with Crippen molar-refractivity contribution in [2.75, 3.05) is 11.5 Å². The van der Waals surface area contributed by atoms with Crippen LogP contribution < -0.4 is 5.32 Å². The summed E-state index contributed by atoms with van der Waals surface area (Å²) in [6.07, 6.45) is 0. The van der Waals surface area contributed by atoms with Crippen molar-refractivity contribution in [3.63, 3.8) is 0 Å². The molecule has 2 aliphatic heterocycles. The molecular formula is C19H17NO2S2. The van der Waals surface area contributed by atoms with Gasteiger partial charge in [0.2, 0.25) is 0 Å². The van der Waals surface area contributed by atoms with Crippen LogP contribution in [0.2, 0.25) is 0 Å². The zero-order chi connectivity index (χ0) is 16.8. The molecule has 0 amide bonds. The number of hydrogen-bond donors (Lipinski definition) is 1. The molecule has 2 aliphatic rings. The van der Waals surface area contributed by atoms with Crippen molar-refractivity contribution in [1.29, 1.82) is 0 Å². The lowest BCUT2D eigenvalue weighted by molar-refractivity contribution is -0.114. The van der Waals surface area contributed by atoms with Crippen LogP contribution in [0.5, 0.6) is 0 Å². The molecule has 0 aliphatic carbocycles. The fourth-order valence-corrected chi connectivity index (χ4v) is 5.52. The zero-order valence-electron chi connectivity index (χ0n) is 13.5. The van der Waals surface area contributed by atoms with Crippen LogP contribution in [0.1, 0.15) is 25.3 Å². The van der Waals surface area contributed by atoms with Crippen molar-refractivity contribution in [2.45, 2.75) is 19.8 Å². The number of Topliss-reactive ketones (excluding diaryl/α,β-unsaturated/α-hetero) is 2. The Kier molecular flexibility index (Phi) is 3.85. The molecular weight excluding hydrogens is 338 g/mol. The second-order valence-electron chi connectivity index (χ2n) is 6.15. The number of rotatable bonds is 2. The normalized spacial score (nSPS) is 21.1. The number of carbonyl (C=O) groups is 2. The predicted molar refractivity (Wildman–Crippen MR) is 100 cm³/mol. The van der Waals surface area contributed by atoms with Gasteiger partial charge in [-0.25, -0.2) is 0 Å². The van der Waals surface area contributed by atoms with Gasteiger partial charge in [0.15, 0.2) is 11.6 Å². The van der Waals surface area contributed by atoms with Crippen LogP contribution in [0, 0.1) is 0 Å². The third-order valence-corrected chi connectivity index (χ3v) is 6.57. The summed E-state index contributed by atoms with van der Waals surface area (Å²) in [5.74, 6) is 1.20. The number of carbonyl (C=O) groups excluding carboxylic acids is 2. The Morgan fingerprint density at radius 1 is 1.25 bits per heavy atom. The van der Waals surface area contributed by atoms with E-state index in [4.69, 9.17) is 0 Å². The summed E-state index contributed by atoms with van der Waals surface area (Å²) >= 11 is 3.30. The average molecular weight is 355 g/mol. The number of hydrogen-bond acceptors (Lipinski definition) is 5.